The minimum Gasteiger partial charge on any atom is -0.494 e. The van der Waals surface area contributed by atoms with Gasteiger partial charge in [-0.3, -0.25) is 4.79 Å². The fraction of sp³-hybridized carbons (Fsp3) is 0.467. The molecule has 0 aromatic heterocycles. The minimum atomic E-state index is -0.467. The molecule has 1 aliphatic heterocycles. The molecule has 2 rings (SSSR count). The summed E-state index contributed by atoms with van der Waals surface area (Å²) in [4.78, 5) is 25.1. The summed E-state index contributed by atoms with van der Waals surface area (Å²) in [7, 11) is 1.40. The van der Waals surface area contributed by atoms with E-state index in [-0.39, 0.29) is 23.7 Å². The van der Waals surface area contributed by atoms with Gasteiger partial charge in [0.2, 0.25) is 5.91 Å². The summed E-state index contributed by atoms with van der Waals surface area (Å²) in [5.41, 5.74) is 0.649. The molecule has 1 aliphatic rings. The zero-order valence-electron chi connectivity index (χ0n) is 12.7. The number of hydrogen-bond donors (Lipinski definition) is 2. The van der Waals surface area contributed by atoms with E-state index in [1.54, 1.807) is 17.9 Å². The second kappa shape index (κ2) is 7.11. The highest BCUT2D eigenvalue weighted by molar-refractivity contribution is 5.79. The summed E-state index contributed by atoms with van der Waals surface area (Å²) in [5, 5.41) is 5.52. The van der Waals surface area contributed by atoms with Crippen LogP contribution in [0.4, 0.5) is 9.18 Å². The molecule has 1 atom stereocenters. The maximum absolute atomic E-state index is 13.7. The highest BCUT2D eigenvalue weighted by Crippen LogP contribution is 2.21. The quantitative estimate of drug-likeness (QED) is 0.887. The van der Waals surface area contributed by atoms with Crippen LogP contribution >= 0.6 is 0 Å². The van der Waals surface area contributed by atoms with Crippen molar-refractivity contribution in [3.05, 3.63) is 29.6 Å². The Morgan fingerprint density at radius 1 is 1.45 bits per heavy atom. The number of hydrogen-bond acceptors (Lipinski definition) is 3. The Bertz CT molecular complexity index is 565. The number of benzene rings is 1. The van der Waals surface area contributed by atoms with Gasteiger partial charge in [-0.2, -0.15) is 0 Å². The Kier molecular flexibility index (Phi) is 5.19. The minimum absolute atomic E-state index is 0.0550. The van der Waals surface area contributed by atoms with Crippen LogP contribution in [-0.4, -0.2) is 43.6 Å². The van der Waals surface area contributed by atoms with Crippen LogP contribution in [-0.2, 0) is 4.79 Å². The van der Waals surface area contributed by atoms with Crippen LogP contribution in [0, 0.1) is 5.82 Å². The molecule has 1 saturated heterocycles. The fourth-order valence-corrected chi connectivity index (χ4v) is 2.28. The van der Waals surface area contributed by atoms with Crippen molar-refractivity contribution >= 4 is 11.9 Å². The molecule has 0 bridgehead atoms. The first-order valence-corrected chi connectivity index (χ1v) is 7.17. The Morgan fingerprint density at radius 2 is 2.23 bits per heavy atom. The van der Waals surface area contributed by atoms with Crippen LogP contribution < -0.4 is 15.4 Å². The molecule has 3 amide bonds. The molecule has 6 nitrogen and oxygen atoms in total. The second-order valence-electron chi connectivity index (χ2n) is 5.15. The second-order valence-corrected chi connectivity index (χ2v) is 5.15. The molecule has 22 heavy (non-hydrogen) atoms. The first-order valence-electron chi connectivity index (χ1n) is 7.17. The average Bonchev–Trinajstić information content (AvgIpc) is 2.71. The Balaban J connectivity index is 1.98. The number of ether oxygens (including phenoxy) is 1. The first-order chi connectivity index (χ1) is 10.5. The number of nitrogens with one attached hydrogen (secondary N) is 2. The monoisotopic (exact) mass is 309 g/mol. The lowest BCUT2D eigenvalue weighted by molar-refractivity contribution is -0.120. The van der Waals surface area contributed by atoms with Gasteiger partial charge >= 0.3 is 6.03 Å². The molecule has 120 valence electrons. The van der Waals surface area contributed by atoms with E-state index in [1.165, 1.54) is 19.2 Å². The van der Waals surface area contributed by atoms with Gasteiger partial charge in [-0.05, 0) is 24.6 Å². The molecule has 1 fully saturated rings. The Hall–Kier alpha value is -2.31. The van der Waals surface area contributed by atoms with Crippen molar-refractivity contribution in [1.29, 1.82) is 0 Å². The van der Waals surface area contributed by atoms with Gasteiger partial charge in [0, 0.05) is 26.1 Å². The smallest absolute Gasteiger partial charge is 0.317 e. The third-order valence-corrected chi connectivity index (χ3v) is 3.62. The zero-order valence-corrected chi connectivity index (χ0v) is 12.7. The van der Waals surface area contributed by atoms with E-state index in [2.05, 4.69) is 10.6 Å². The summed E-state index contributed by atoms with van der Waals surface area (Å²) >= 11 is 0. The van der Waals surface area contributed by atoms with Crippen molar-refractivity contribution in [3.8, 4) is 5.75 Å². The number of nitrogens with zero attached hydrogens (tertiary/aromatic N) is 1. The van der Waals surface area contributed by atoms with Crippen LogP contribution in [0.25, 0.3) is 0 Å². The van der Waals surface area contributed by atoms with Gasteiger partial charge in [-0.1, -0.05) is 6.07 Å². The number of halogens is 1. The molecular formula is C15H20FN3O3. The van der Waals surface area contributed by atoms with Crippen LogP contribution in [0.5, 0.6) is 5.75 Å². The molecule has 1 aromatic carbocycles. The maximum atomic E-state index is 13.7. The van der Waals surface area contributed by atoms with Gasteiger partial charge in [0.15, 0.2) is 11.6 Å². The van der Waals surface area contributed by atoms with Gasteiger partial charge in [0.1, 0.15) is 0 Å². The Morgan fingerprint density at radius 3 is 2.91 bits per heavy atom. The van der Waals surface area contributed by atoms with E-state index in [1.807, 2.05) is 0 Å². The summed E-state index contributed by atoms with van der Waals surface area (Å²) in [5.74, 6) is -0.356. The summed E-state index contributed by atoms with van der Waals surface area (Å²) in [6, 6.07) is 3.97. The first kappa shape index (κ1) is 16.1. The summed E-state index contributed by atoms with van der Waals surface area (Å²) < 4.78 is 18.6. The number of urea groups is 1. The maximum Gasteiger partial charge on any atom is 0.317 e. The third kappa shape index (κ3) is 3.87. The number of carbonyl (C=O) groups excluding carboxylic acids is 2. The summed E-state index contributed by atoms with van der Waals surface area (Å²) in [6.45, 7) is 3.06. The zero-order chi connectivity index (χ0) is 16.1. The van der Waals surface area contributed by atoms with Crippen LogP contribution in [0.1, 0.15) is 24.9 Å². The molecule has 0 aliphatic carbocycles. The average molecular weight is 309 g/mol. The van der Waals surface area contributed by atoms with E-state index in [4.69, 9.17) is 4.74 Å². The van der Waals surface area contributed by atoms with E-state index in [0.717, 1.165) is 0 Å². The van der Waals surface area contributed by atoms with E-state index in [0.29, 0.717) is 31.6 Å². The molecular weight excluding hydrogens is 289 g/mol. The van der Waals surface area contributed by atoms with Gasteiger partial charge in [-0.25, -0.2) is 9.18 Å². The van der Waals surface area contributed by atoms with Crippen molar-refractivity contribution in [1.82, 2.24) is 15.5 Å². The predicted molar refractivity (Wildman–Crippen MR) is 79.1 cm³/mol. The van der Waals surface area contributed by atoms with Gasteiger partial charge in [0.25, 0.3) is 0 Å². The van der Waals surface area contributed by atoms with Crippen molar-refractivity contribution in [2.75, 3.05) is 26.7 Å². The molecule has 1 heterocycles. The Labute approximate surface area is 128 Å². The SMILES string of the molecule is COc1ccc([C@H](C)NC(=O)N2CCNC(=O)CC2)cc1F. The van der Waals surface area contributed by atoms with Crippen LogP contribution in [0.3, 0.4) is 0 Å². The summed E-state index contributed by atoms with van der Waals surface area (Å²) in [6.07, 6.45) is 0.291. The molecule has 0 radical (unpaired) electrons. The van der Waals surface area contributed by atoms with E-state index < -0.39 is 5.82 Å². The lowest BCUT2D eigenvalue weighted by Gasteiger charge is -2.23. The third-order valence-electron chi connectivity index (χ3n) is 3.62. The van der Waals surface area contributed by atoms with Crippen molar-refractivity contribution in [3.63, 3.8) is 0 Å². The number of rotatable bonds is 3. The van der Waals surface area contributed by atoms with Gasteiger partial charge in [-0.15, -0.1) is 0 Å². The van der Waals surface area contributed by atoms with Crippen molar-refractivity contribution in [2.24, 2.45) is 0 Å². The molecule has 2 N–H and O–H groups in total. The number of carbonyl (C=O) groups is 2. The van der Waals surface area contributed by atoms with E-state index >= 15 is 0 Å². The van der Waals surface area contributed by atoms with Crippen molar-refractivity contribution in [2.45, 2.75) is 19.4 Å². The fourth-order valence-electron chi connectivity index (χ4n) is 2.28. The predicted octanol–water partition coefficient (Wildman–Crippen LogP) is 1.43. The van der Waals surface area contributed by atoms with Crippen molar-refractivity contribution < 1.29 is 18.7 Å². The highest BCUT2D eigenvalue weighted by atomic mass is 19.1. The van der Waals surface area contributed by atoms with Crippen LogP contribution in [0.15, 0.2) is 18.2 Å². The number of methoxy groups -OCH3 is 1. The van der Waals surface area contributed by atoms with Crippen LogP contribution in [0.2, 0.25) is 0 Å². The molecule has 0 saturated carbocycles. The lowest BCUT2D eigenvalue weighted by atomic mass is 10.1. The topological polar surface area (TPSA) is 70.7 Å². The van der Waals surface area contributed by atoms with E-state index in [9.17, 15) is 14.0 Å². The van der Waals surface area contributed by atoms with Gasteiger partial charge < -0.3 is 20.3 Å². The van der Waals surface area contributed by atoms with Gasteiger partial charge in [0.05, 0.1) is 13.2 Å². The molecule has 0 unspecified atom stereocenters. The molecule has 7 heteroatoms. The standard InChI is InChI=1S/C15H20FN3O3/c1-10(11-3-4-13(22-2)12(16)9-11)18-15(21)19-7-5-14(20)17-6-8-19/h3-4,9-10H,5-8H2,1-2H3,(H,17,20)(H,18,21)/t10-/m0/s1. The molecule has 0 spiro atoms. The highest BCUT2D eigenvalue weighted by Gasteiger charge is 2.20. The largest absolute Gasteiger partial charge is 0.494 e. The lowest BCUT2D eigenvalue weighted by Crippen LogP contribution is -2.42. The molecule has 1 aromatic rings. The normalized spacial score (nSPS) is 16.5. The number of amides is 3.